The zero-order valence-corrected chi connectivity index (χ0v) is 31.8. The first kappa shape index (κ1) is 43.8. The lowest BCUT2D eigenvalue weighted by molar-refractivity contribution is -0.145. The highest BCUT2D eigenvalue weighted by molar-refractivity contribution is 7.98. The van der Waals surface area contributed by atoms with E-state index >= 15 is 0 Å². The van der Waals surface area contributed by atoms with Crippen molar-refractivity contribution < 1.29 is 53.8 Å². The molecule has 1 saturated carbocycles. The second-order valence-corrected chi connectivity index (χ2v) is 14.5. The third-order valence-corrected chi connectivity index (χ3v) is 10.2. The van der Waals surface area contributed by atoms with Crippen molar-refractivity contribution in [1.82, 2.24) is 9.97 Å². The van der Waals surface area contributed by atoms with E-state index in [4.69, 9.17) is 9.47 Å². The fourth-order valence-electron chi connectivity index (χ4n) is 6.72. The van der Waals surface area contributed by atoms with Crippen molar-refractivity contribution in [2.24, 2.45) is 11.8 Å². The Hall–Kier alpha value is -3.89. The van der Waals surface area contributed by atoms with Gasteiger partial charge in [-0.15, -0.1) is 0 Å². The molecule has 0 N–H and O–H groups in total. The van der Waals surface area contributed by atoms with E-state index in [1.165, 1.54) is 42.0 Å². The third kappa shape index (κ3) is 12.3. The minimum absolute atomic E-state index is 0.0200. The molecule has 0 aliphatic heterocycles. The Bertz CT molecular complexity index is 1660. The van der Waals surface area contributed by atoms with E-state index in [9.17, 15) is 44.3 Å². The van der Waals surface area contributed by atoms with Gasteiger partial charge in [0.25, 0.3) is 0 Å². The average molecular weight is 809 g/mol. The van der Waals surface area contributed by atoms with Gasteiger partial charge in [0.2, 0.25) is 5.95 Å². The first-order valence-corrected chi connectivity index (χ1v) is 19.3. The molecule has 1 fully saturated rings. The highest BCUT2D eigenvalue weighted by atomic mass is 32.2. The number of ether oxygens (including phenoxy) is 2. The molecule has 1 aliphatic carbocycles. The Morgan fingerprint density at radius 2 is 1.44 bits per heavy atom. The van der Waals surface area contributed by atoms with E-state index < -0.39 is 53.4 Å². The van der Waals surface area contributed by atoms with Gasteiger partial charge in [0, 0.05) is 37.5 Å². The molecule has 304 valence electrons. The van der Waals surface area contributed by atoms with Gasteiger partial charge < -0.3 is 19.3 Å². The van der Waals surface area contributed by atoms with Crippen LogP contribution >= 0.6 is 11.8 Å². The second kappa shape index (κ2) is 18.8. The van der Waals surface area contributed by atoms with E-state index in [-0.39, 0.29) is 41.1 Å². The van der Waals surface area contributed by atoms with E-state index in [0.717, 1.165) is 37.8 Å². The molecular weight excluding hydrogens is 763 g/mol. The predicted octanol–water partition coefficient (Wildman–Crippen LogP) is 10.6. The van der Waals surface area contributed by atoms with Gasteiger partial charge in [-0.1, -0.05) is 0 Å². The quantitative estimate of drug-likeness (QED) is 0.0805. The summed E-state index contributed by atoms with van der Waals surface area (Å²) in [7, 11) is 0. The van der Waals surface area contributed by atoms with Crippen LogP contribution in [-0.4, -0.2) is 54.2 Å². The Labute approximate surface area is 319 Å². The van der Waals surface area contributed by atoms with Crippen LogP contribution < -0.4 is 14.5 Å². The van der Waals surface area contributed by atoms with E-state index in [0.29, 0.717) is 56.3 Å². The molecule has 4 rings (SSSR count). The second-order valence-electron chi connectivity index (χ2n) is 13.5. The van der Waals surface area contributed by atoms with Crippen molar-refractivity contribution in [3.63, 3.8) is 0 Å². The summed E-state index contributed by atoms with van der Waals surface area (Å²) in [5.74, 6) is 0.800. The molecule has 17 heteroatoms. The lowest BCUT2D eigenvalue weighted by Crippen LogP contribution is -2.34. The number of esters is 1. The molecule has 7 nitrogen and oxygen atoms in total. The normalized spacial score (nSPS) is 17.1. The third-order valence-electron chi connectivity index (χ3n) is 9.66. The van der Waals surface area contributed by atoms with Crippen LogP contribution in [-0.2, 0) is 34.6 Å². The van der Waals surface area contributed by atoms with Crippen LogP contribution in [0.5, 0.6) is 5.75 Å². The molecule has 0 radical (unpaired) electrons. The highest BCUT2D eigenvalue weighted by Crippen LogP contribution is 2.41. The number of aromatic nitrogens is 2. The van der Waals surface area contributed by atoms with Gasteiger partial charge >= 0.3 is 24.5 Å². The Kier molecular flexibility index (Phi) is 15.0. The molecule has 0 bridgehead atoms. The van der Waals surface area contributed by atoms with Gasteiger partial charge in [0.1, 0.15) is 0 Å². The molecule has 1 unspecified atom stereocenters. The summed E-state index contributed by atoms with van der Waals surface area (Å²) in [6.07, 6.45) is -7.13. The van der Waals surface area contributed by atoms with Gasteiger partial charge in [0.15, 0.2) is 5.75 Å². The van der Waals surface area contributed by atoms with Gasteiger partial charge in [0.05, 0.1) is 48.3 Å². The molecule has 1 heterocycles. The number of carbonyl (C=O) groups is 1. The Morgan fingerprint density at radius 3 is 1.96 bits per heavy atom. The van der Waals surface area contributed by atoms with Crippen LogP contribution in [0.25, 0.3) is 0 Å². The predicted molar refractivity (Wildman–Crippen MR) is 193 cm³/mol. The molecule has 0 spiro atoms. The van der Waals surface area contributed by atoms with Crippen LogP contribution in [0.4, 0.5) is 51.1 Å². The largest absolute Gasteiger partial charge is 0.489 e. The SMILES string of the molecule is CCOC(=O)CC1CCC(CN(CC)c2ccc(C(F)(F)F)cc2CN(c2ncc(OCCSC)cn2)C(C)c2cc(C(F)(F)F)cc(C(F)(F)F)c2)CC1. The Morgan fingerprint density at radius 1 is 0.855 bits per heavy atom. The topological polar surface area (TPSA) is 67.8 Å². The van der Waals surface area contributed by atoms with Gasteiger partial charge in [-0.25, -0.2) is 9.97 Å². The van der Waals surface area contributed by atoms with Crippen LogP contribution in [0.15, 0.2) is 48.8 Å². The molecule has 1 aliphatic rings. The lowest BCUT2D eigenvalue weighted by atomic mass is 9.80. The molecule has 3 aromatic rings. The number of alkyl halides is 9. The minimum atomic E-state index is -5.12. The maximum atomic E-state index is 14.2. The smallest absolute Gasteiger partial charge is 0.416 e. The summed E-state index contributed by atoms with van der Waals surface area (Å²) in [5, 5.41) is 0. The molecule has 1 atom stereocenters. The summed E-state index contributed by atoms with van der Waals surface area (Å²) >= 11 is 1.52. The molecular formula is C38H45F9N4O3S. The number of halogens is 9. The zero-order valence-electron chi connectivity index (χ0n) is 31.0. The Balaban J connectivity index is 1.76. The van der Waals surface area contributed by atoms with Crippen molar-refractivity contribution in [3.05, 3.63) is 76.6 Å². The number of benzene rings is 2. The monoisotopic (exact) mass is 808 g/mol. The van der Waals surface area contributed by atoms with E-state index in [2.05, 4.69) is 9.97 Å². The highest BCUT2D eigenvalue weighted by Gasteiger charge is 2.38. The van der Waals surface area contributed by atoms with Crippen LogP contribution in [0, 0.1) is 11.8 Å². The molecule has 55 heavy (non-hydrogen) atoms. The van der Waals surface area contributed by atoms with Crippen molar-refractivity contribution in [1.29, 1.82) is 0 Å². The number of hydrogen-bond donors (Lipinski definition) is 0. The summed E-state index contributed by atoms with van der Waals surface area (Å²) in [6.45, 7) is 5.98. The summed E-state index contributed by atoms with van der Waals surface area (Å²) in [5.41, 5.74) is -3.91. The number of nitrogens with zero attached hydrogens (tertiary/aromatic N) is 4. The summed E-state index contributed by atoms with van der Waals surface area (Å²) in [4.78, 5) is 23.9. The average Bonchev–Trinajstić information content (AvgIpc) is 3.12. The van der Waals surface area contributed by atoms with Gasteiger partial charge in [-0.3, -0.25) is 4.79 Å². The number of anilines is 2. The number of carbonyl (C=O) groups excluding carboxylic acids is 1. The van der Waals surface area contributed by atoms with Crippen LogP contribution in [0.3, 0.4) is 0 Å². The lowest BCUT2D eigenvalue weighted by Gasteiger charge is -2.36. The fourth-order valence-corrected chi connectivity index (χ4v) is 6.97. The standard InChI is InChI=1S/C38H45F9N4O3S/c1-5-50(22-26-9-7-25(8-10-26)15-34(52)53-6-2)33-12-11-29(36(39,40)41)18-28(33)23-51(35-48-20-32(21-49-35)54-13-14-55-4)24(3)27-16-30(37(42,43)44)19-31(17-27)38(45,46)47/h11-12,16-21,24-26H,5-10,13-15,22-23H2,1-4H3. The first-order valence-electron chi connectivity index (χ1n) is 17.9. The number of thioether (sulfide) groups is 1. The van der Waals surface area contributed by atoms with Crippen molar-refractivity contribution in [2.45, 2.75) is 84.0 Å². The van der Waals surface area contributed by atoms with E-state index in [1.807, 2.05) is 18.1 Å². The molecule has 0 saturated heterocycles. The van der Waals surface area contributed by atoms with Crippen molar-refractivity contribution in [3.8, 4) is 5.75 Å². The van der Waals surface area contributed by atoms with Crippen molar-refractivity contribution >= 4 is 29.4 Å². The fraction of sp³-hybridized carbons (Fsp3) is 0.553. The maximum absolute atomic E-state index is 14.2. The minimum Gasteiger partial charge on any atom is -0.489 e. The molecule has 2 aromatic carbocycles. The summed E-state index contributed by atoms with van der Waals surface area (Å²) < 4.78 is 137. The van der Waals surface area contributed by atoms with Crippen LogP contribution in [0.1, 0.15) is 86.7 Å². The van der Waals surface area contributed by atoms with Gasteiger partial charge in [-0.2, -0.15) is 51.3 Å². The maximum Gasteiger partial charge on any atom is 0.416 e. The summed E-state index contributed by atoms with van der Waals surface area (Å²) in [6, 6.07) is 3.15. The van der Waals surface area contributed by atoms with E-state index in [1.54, 1.807) is 6.92 Å². The zero-order chi connectivity index (χ0) is 40.6. The first-order chi connectivity index (χ1) is 25.8. The molecule has 1 aromatic heterocycles. The molecule has 0 amide bonds. The van der Waals surface area contributed by atoms with Crippen molar-refractivity contribution in [2.75, 3.05) is 48.1 Å². The van der Waals surface area contributed by atoms with Gasteiger partial charge in [-0.05, 0) is 112 Å². The van der Waals surface area contributed by atoms with Crippen LogP contribution in [0.2, 0.25) is 0 Å². The number of rotatable bonds is 16. The number of hydrogen-bond acceptors (Lipinski definition) is 8.